The van der Waals surface area contributed by atoms with Gasteiger partial charge in [-0.15, -0.1) is 24.0 Å². The Morgan fingerprint density at radius 1 is 1.40 bits per heavy atom. The number of thioether (sulfide) groups is 1. The molecule has 0 aliphatic rings. The van der Waals surface area contributed by atoms with Crippen molar-refractivity contribution in [3.63, 3.8) is 0 Å². The molecule has 0 aliphatic heterocycles. The first-order chi connectivity index (χ1) is 8.89. The number of halogens is 1. The van der Waals surface area contributed by atoms with Crippen molar-refractivity contribution in [1.82, 2.24) is 10.6 Å². The van der Waals surface area contributed by atoms with Gasteiger partial charge in [-0.25, -0.2) is 8.42 Å². The average molecular weight is 437 g/mol. The van der Waals surface area contributed by atoms with Crippen LogP contribution in [0.2, 0.25) is 0 Å². The van der Waals surface area contributed by atoms with Gasteiger partial charge in [0, 0.05) is 25.4 Å². The standard InChI is InChI=1S/C12H27N3O2S2.HI/c1-5-13-12(14-8-6-9-18-3)15-11(2)7-10-19(4,16)17;/h11H,5-10H2,1-4H3,(H2,13,14,15);1H. The van der Waals surface area contributed by atoms with Gasteiger partial charge in [0.1, 0.15) is 9.84 Å². The SMILES string of the molecule is CCNC(=NCCCSC)NC(C)CCS(C)(=O)=O.I. The third-order valence-electron chi connectivity index (χ3n) is 2.43. The monoisotopic (exact) mass is 437 g/mol. The van der Waals surface area contributed by atoms with Gasteiger partial charge < -0.3 is 10.6 Å². The van der Waals surface area contributed by atoms with E-state index in [1.165, 1.54) is 6.26 Å². The quantitative estimate of drug-likeness (QED) is 0.249. The zero-order valence-corrected chi connectivity index (χ0v) is 16.8. The first-order valence-corrected chi connectivity index (χ1v) is 10.1. The summed E-state index contributed by atoms with van der Waals surface area (Å²) in [4.78, 5) is 4.47. The molecule has 0 radical (unpaired) electrons. The Hall–Kier alpha value is 0.300. The maximum absolute atomic E-state index is 11.1. The predicted octanol–water partition coefficient (Wildman–Crippen LogP) is 1.74. The molecule has 0 aromatic rings. The summed E-state index contributed by atoms with van der Waals surface area (Å²) in [5, 5.41) is 6.41. The summed E-state index contributed by atoms with van der Waals surface area (Å²) in [5.74, 6) is 2.07. The van der Waals surface area contributed by atoms with Crippen molar-refractivity contribution in [3.05, 3.63) is 0 Å². The average Bonchev–Trinajstić information content (AvgIpc) is 2.31. The number of sulfone groups is 1. The molecule has 0 fully saturated rings. The fourth-order valence-electron chi connectivity index (χ4n) is 1.42. The molecule has 5 nitrogen and oxygen atoms in total. The zero-order valence-electron chi connectivity index (χ0n) is 12.8. The molecule has 0 rings (SSSR count). The number of guanidine groups is 1. The second-order valence-electron chi connectivity index (χ2n) is 4.57. The Balaban J connectivity index is 0. The van der Waals surface area contributed by atoms with Crippen LogP contribution in [-0.4, -0.2) is 57.5 Å². The number of rotatable bonds is 9. The molecule has 8 heteroatoms. The summed E-state index contributed by atoms with van der Waals surface area (Å²) in [5.41, 5.74) is 0. The van der Waals surface area contributed by atoms with E-state index < -0.39 is 9.84 Å². The molecule has 0 bridgehead atoms. The van der Waals surface area contributed by atoms with Crippen molar-refractivity contribution in [1.29, 1.82) is 0 Å². The molecule has 1 atom stereocenters. The van der Waals surface area contributed by atoms with Crippen LogP contribution in [0.15, 0.2) is 4.99 Å². The van der Waals surface area contributed by atoms with Gasteiger partial charge in [0.05, 0.1) is 5.75 Å². The molecule has 0 spiro atoms. The van der Waals surface area contributed by atoms with E-state index in [2.05, 4.69) is 21.9 Å². The Morgan fingerprint density at radius 3 is 2.55 bits per heavy atom. The van der Waals surface area contributed by atoms with Gasteiger partial charge in [0.25, 0.3) is 0 Å². The van der Waals surface area contributed by atoms with E-state index >= 15 is 0 Å². The molecule has 0 aromatic carbocycles. The first kappa shape index (κ1) is 22.6. The summed E-state index contributed by atoms with van der Waals surface area (Å²) < 4.78 is 22.2. The van der Waals surface area contributed by atoms with Crippen LogP contribution in [0.5, 0.6) is 0 Å². The zero-order chi connectivity index (χ0) is 14.7. The van der Waals surface area contributed by atoms with E-state index in [1.54, 1.807) is 0 Å². The largest absolute Gasteiger partial charge is 0.357 e. The first-order valence-electron chi connectivity index (χ1n) is 6.60. The van der Waals surface area contributed by atoms with Gasteiger partial charge in [-0.2, -0.15) is 11.8 Å². The Labute approximate surface area is 145 Å². The van der Waals surface area contributed by atoms with Crippen molar-refractivity contribution in [2.24, 2.45) is 4.99 Å². The highest BCUT2D eigenvalue weighted by atomic mass is 127. The highest BCUT2D eigenvalue weighted by Gasteiger charge is 2.09. The maximum atomic E-state index is 11.1. The molecular formula is C12H28IN3O2S2. The van der Waals surface area contributed by atoms with Gasteiger partial charge >= 0.3 is 0 Å². The lowest BCUT2D eigenvalue weighted by Gasteiger charge is -2.17. The summed E-state index contributed by atoms with van der Waals surface area (Å²) in [7, 11) is -2.89. The summed E-state index contributed by atoms with van der Waals surface area (Å²) in [6.07, 6.45) is 4.99. The Bertz CT molecular complexity index is 362. The minimum atomic E-state index is -2.89. The predicted molar refractivity (Wildman–Crippen MR) is 101 cm³/mol. The number of hydrogen-bond donors (Lipinski definition) is 2. The van der Waals surface area contributed by atoms with Crippen molar-refractivity contribution in [2.45, 2.75) is 32.7 Å². The number of nitrogens with zero attached hydrogens (tertiary/aromatic N) is 1. The topological polar surface area (TPSA) is 70.6 Å². The van der Waals surface area contributed by atoms with Gasteiger partial charge in [-0.1, -0.05) is 0 Å². The smallest absolute Gasteiger partial charge is 0.191 e. The summed E-state index contributed by atoms with van der Waals surface area (Å²) in [6.45, 7) is 5.57. The van der Waals surface area contributed by atoms with Crippen LogP contribution in [0.3, 0.4) is 0 Å². The highest BCUT2D eigenvalue weighted by Crippen LogP contribution is 1.97. The molecular weight excluding hydrogens is 409 g/mol. The fraction of sp³-hybridized carbons (Fsp3) is 0.917. The molecule has 0 heterocycles. The molecule has 20 heavy (non-hydrogen) atoms. The Kier molecular flexibility index (Phi) is 14.7. The fourth-order valence-corrected chi connectivity index (χ4v) is 2.62. The van der Waals surface area contributed by atoms with Crippen molar-refractivity contribution in [2.75, 3.05) is 37.1 Å². The van der Waals surface area contributed by atoms with Gasteiger partial charge in [0.15, 0.2) is 5.96 Å². The molecule has 1 unspecified atom stereocenters. The third kappa shape index (κ3) is 14.7. The van der Waals surface area contributed by atoms with Crippen LogP contribution in [0, 0.1) is 0 Å². The van der Waals surface area contributed by atoms with Gasteiger partial charge in [0.2, 0.25) is 0 Å². The number of nitrogens with one attached hydrogen (secondary N) is 2. The third-order valence-corrected chi connectivity index (χ3v) is 4.10. The van der Waals surface area contributed by atoms with Crippen LogP contribution in [0.4, 0.5) is 0 Å². The van der Waals surface area contributed by atoms with E-state index in [9.17, 15) is 8.42 Å². The highest BCUT2D eigenvalue weighted by molar-refractivity contribution is 14.0. The molecule has 0 saturated heterocycles. The minimum absolute atomic E-state index is 0. The molecule has 0 aromatic heterocycles. The van der Waals surface area contributed by atoms with E-state index in [0.717, 1.165) is 31.2 Å². The van der Waals surface area contributed by atoms with E-state index in [1.807, 2.05) is 25.6 Å². The second-order valence-corrected chi connectivity index (χ2v) is 7.82. The summed E-state index contributed by atoms with van der Waals surface area (Å²) in [6, 6.07) is 0.0908. The lowest BCUT2D eigenvalue weighted by Crippen LogP contribution is -2.42. The van der Waals surface area contributed by atoms with Crippen LogP contribution in [0.1, 0.15) is 26.7 Å². The number of aliphatic imine (C=N–C) groups is 1. The van der Waals surface area contributed by atoms with Crippen LogP contribution in [0.25, 0.3) is 0 Å². The Morgan fingerprint density at radius 2 is 2.05 bits per heavy atom. The molecule has 0 saturated carbocycles. The van der Waals surface area contributed by atoms with Crippen LogP contribution < -0.4 is 10.6 Å². The van der Waals surface area contributed by atoms with Crippen molar-refractivity contribution >= 4 is 51.5 Å². The molecule has 0 aliphatic carbocycles. The molecule has 2 N–H and O–H groups in total. The lowest BCUT2D eigenvalue weighted by atomic mass is 10.3. The summed E-state index contributed by atoms with van der Waals surface area (Å²) >= 11 is 1.81. The molecule has 122 valence electrons. The van der Waals surface area contributed by atoms with Crippen LogP contribution >= 0.6 is 35.7 Å². The number of hydrogen-bond acceptors (Lipinski definition) is 4. The lowest BCUT2D eigenvalue weighted by molar-refractivity contribution is 0.581. The van der Waals surface area contributed by atoms with Crippen molar-refractivity contribution in [3.8, 4) is 0 Å². The van der Waals surface area contributed by atoms with E-state index in [0.29, 0.717) is 6.42 Å². The van der Waals surface area contributed by atoms with Gasteiger partial charge in [-0.3, -0.25) is 4.99 Å². The van der Waals surface area contributed by atoms with E-state index in [-0.39, 0.29) is 35.8 Å². The minimum Gasteiger partial charge on any atom is -0.357 e. The second kappa shape index (κ2) is 13.0. The normalized spacial score (nSPS) is 13.5. The van der Waals surface area contributed by atoms with Crippen LogP contribution in [-0.2, 0) is 9.84 Å². The van der Waals surface area contributed by atoms with E-state index in [4.69, 9.17) is 0 Å². The maximum Gasteiger partial charge on any atom is 0.191 e. The van der Waals surface area contributed by atoms with Crippen molar-refractivity contribution < 1.29 is 8.42 Å². The molecule has 0 amide bonds. The van der Waals surface area contributed by atoms with Gasteiger partial charge in [-0.05, 0) is 38.7 Å².